The molecule has 1 unspecified atom stereocenters. The topological polar surface area (TPSA) is 70.2 Å². The molecular weight excluding hydrogens is 286 g/mol. The van der Waals surface area contributed by atoms with E-state index < -0.39 is 0 Å². The largest absolute Gasteiger partial charge is 0.352 e. The molecule has 3 N–H and O–H groups in total. The van der Waals surface area contributed by atoms with Crippen molar-refractivity contribution in [1.29, 1.82) is 0 Å². The van der Waals surface area contributed by atoms with Gasteiger partial charge in [0.25, 0.3) is 5.91 Å². The van der Waals surface area contributed by atoms with Gasteiger partial charge in [0.05, 0.1) is 4.88 Å². The molecule has 2 heterocycles. The van der Waals surface area contributed by atoms with Gasteiger partial charge < -0.3 is 16.0 Å². The van der Waals surface area contributed by atoms with Crippen molar-refractivity contribution >= 4 is 35.6 Å². The fraction of sp³-hybridized carbons (Fsp3) is 0.500. The lowest BCUT2D eigenvalue weighted by atomic mass is 10.2. The van der Waals surface area contributed by atoms with Gasteiger partial charge in [-0.15, -0.1) is 23.7 Å². The average molecular weight is 304 g/mol. The van der Waals surface area contributed by atoms with Crippen molar-refractivity contribution < 1.29 is 9.59 Å². The maximum atomic E-state index is 11.6. The van der Waals surface area contributed by atoms with E-state index in [0.717, 1.165) is 19.5 Å². The second-order valence-electron chi connectivity index (χ2n) is 4.24. The van der Waals surface area contributed by atoms with Gasteiger partial charge in [0, 0.05) is 25.6 Å². The van der Waals surface area contributed by atoms with Gasteiger partial charge in [-0.2, -0.15) is 0 Å². The van der Waals surface area contributed by atoms with E-state index in [1.165, 1.54) is 11.3 Å². The summed E-state index contributed by atoms with van der Waals surface area (Å²) in [5, 5.41) is 10.7. The van der Waals surface area contributed by atoms with Crippen LogP contribution in [0.25, 0.3) is 0 Å². The van der Waals surface area contributed by atoms with Gasteiger partial charge in [-0.3, -0.25) is 9.59 Å². The van der Waals surface area contributed by atoms with Gasteiger partial charge >= 0.3 is 0 Å². The monoisotopic (exact) mass is 303 g/mol. The Morgan fingerprint density at radius 2 is 2.32 bits per heavy atom. The molecule has 0 radical (unpaired) electrons. The molecule has 1 saturated heterocycles. The summed E-state index contributed by atoms with van der Waals surface area (Å²) in [6.07, 6.45) is 1.31. The van der Waals surface area contributed by atoms with Crippen LogP contribution in [-0.2, 0) is 4.79 Å². The van der Waals surface area contributed by atoms with E-state index in [9.17, 15) is 9.59 Å². The molecule has 0 aliphatic carbocycles. The van der Waals surface area contributed by atoms with Crippen molar-refractivity contribution in [1.82, 2.24) is 16.0 Å². The maximum absolute atomic E-state index is 11.6. The molecule has 1 aromatic rings. The molecule has 1 atom stereocenters. The predicted octanol–water partition coefficient (Wildman–Crippen LogP) is 0.768. The lowest BCUT2D eigenvalue weighted by Gasteiger charge is -2.11. The zero-order chi connectivity index (χ0) is 12.8. The van der Waals surface area contributed by atoms with Gasteiger partial charge in [-0.1, -0.05) is 6.07 Å². The highest BCUT2D eigenvalue weighted by Gasteiger charge is 2.16. The number of halogens is 1. The minimum absolute atomic E-state index is 0. The first kappa shape index (κ1) is 15.9. The van der Waals surface area contributed by atoms with Crippen LogP contribution in [0.4, 0.5) is 0 Å². The Kier molecular flexibility index (Phi) is 6.83. The number of carbonyl (C=O) groups excluding carboxylic acids is 2. The molecule has 1 aliphatic rings. The van der Waals surface area contributed by atoms with Crippen molar-refractivity contribution in [2.45, 2.75) is 18.9 Å². The van der Waals surface area contributed by atoms with Crippen LogP contribution < -0.4 is 16.0 Å². The molecular formula is C12H18ClN3O2S. The van der Waals surface area contributed by atoms with Crippen LogP contribution in [0.3, 0.4) is 0 Å². The quantitative estimate of drug-likeness (QED) is 0.752. The highest BCUT2D eigenvalue weighted by molar-refractivity contribution is 7.12. The molecule has 0 aromatic carbocycles. The van der Waals surface area contributed by atoms with Gasteiger partial charge in [0.1, 0.15) is 0 Å². The molecule has 0 bridgehead atoms. The van der Waals surface area contributed by atoms with Crippen molar-refractivity contribution in [3.8, 4) is 0 Å². The fourth-order valence-corrected chi connectivity index (χ4v) is 2.50. The molecule has 7 heteroatoms. The fourth-order valence-electron chi connectivity index (χ4n) is 1.86. The molecule has 0 spiro atoms. The summed E-state index contributed by atoms with van der Waals surface area (Å²) < 4.78 is 0. The van der Waals surface area contributed by atoms with Crippen LogP contribution in [-0.4, -0.2) is 37.5 Å². The first-order valence-corrected chi connectivity index (χ1v) is 6.95. The van der Waals surface area contributed by atoms with Crippen LogP contribution in [0, 0.1) is 0 Å². The number of amides is 2. The summed E-state index contributed by atoms with van der Waals surface area (Å²) in [7, 11) is 0. The second-order valence-corrected chi connectivity index (χ2v) is 5.19. The summed E-state index contributed by atoms with van der Waals surface area (Å²) in [6.45, 7) is 2.18. The Labute approximate surface area is 122 Å². The summed E-state index contributed by atoms with van der Waals surface area (Å²) >= 11 is 1.40. The minimum Gasteiger partial charge on any atom is -0.352 e. The molecule has 1 aromatic heterocycles. The third-order valence-electron chi connectivity index (χ3n) is 2.81. The van der Waals surface area contributed by atoms with E-state index in [0.29, 0.717) is 17.8 Å². The molecule has 5 nitrogen and oxygen atoms in total. The highest BCUT2D eigenvalue weighted by atomic mass is 35.5. The Hall–Kier alpha value is -1.11. The maximum Gasteiger partial charge on any atom is 0.261 e. The van der Waals surface area contributed by atoms with Crippen LogP contribution in [0.2, 0.25) is 0 Å². The summed E-state index contributed by atoms with van der Waals surface area (Å²) in [5.41, 5.74) is 0. The lowest BCUT2D eigenvalue weighted by molar-refractivity contribution is -0.121. The standard InChI is InChI=1S/C12H17N3O2S.ClH/c16-11(15-9-3-5-13-8-9)4-6-14-12(17)10-2-1-7-18-10;/h1-2,7,9,13H,3-6,8H2,(H,14,17)(H,15,16);1H. The second kappa shape index (κ2) is 8.14. The van der Waals surface area contributed by atoms with Crippen LogP contribution in [0.15, 0.2) is 17.5 Å². The Bertz CT molecular complexity index is 405. The van der Waals surface area contributed by atoms with Crippen LogP contribution in [0.1, 0.15) is 22.5 Å². The molecule has 1 fully saturated rings. The van der Waals surface area contributed by atoms with E-state index in [-0.39, 0.29) is 30.3 Å². The predicted molar refractivity (Wildman–Crippen MR) is 77.9 cm³/mol. The van der Waals surface area contributed by atoms with E-state index in [1.807, 2.05) is 11.4 Å². The van der Waals surface area contributed by atoms with Crippen molar-refractivity contribution in [3.63, 3.8) is 0 Å². The molecule has 2 amide bonds. The SMILES string of the molecule is Cl.O=C(CCNC(=O)c1cccs1)NC1CCNC1. The molecule has 106 valence electrons. The van der Waals surface area contributed by atoms with Gasteiger partial charge in [-0.25, -0.2) is 0 Å². The van der Waals surface area contributed by atoms with E-state index in [2.05, 4.69) is 16.0 Å². The number of carbonyl (C=O) groups is 2. The average Bonchev–Trinajstić information content (AvgIpc) is 3.00. The zero-order valence-corrected chi connectivity index (χ0v) is 12.1. The number of hydrogen-bond donors (Lipinski definition) is 3. The van der Waals surface area contributed by atoms with E-state index in [4.69, 9.17) is 0 Å². The summed E-state index contributed by atoms with van der Waals surface area (Å²) in [6, 6.07) is 3.84. The summed E-state index contributed by atoms with van der Waals surface area (Å²) in [4.78, 5) is 23.8. The first-order chi connectivity index (χ1) is 8.75. The molecule has 1 aliphatic heterocycles. The Morgan fingerprint density at radius 3 is 2.95 bits per heavy atom. The van der Waals surface area contributed by atoms with Crippen LogP contribution >= 0.6 is 23.7 Å². The Balaban J connectivity index is 0.00000180. The van der Waals surface area contributed by atoms with Crippen molar-refractivity contribution in [2.75, 3.05) is 19.6 Å². The smallest absolute Gasteiger partial charge is 0.261 e. The minimum atomic E-state index is -0.111. The number of nitrogens with one attached hydrogen (secondary N) is 3. The number of thiophene rings is 1. The normalized spacial score (nSPS) is 17.6. The van der Waals surface area contributed by atoms with Crippen molar-refractivity contribution in [2.24, 2.45) is 0 Å². The molecule has 0 saturated carbocycles. The Morgan fingerprint density at radius 1 is 1.47 bits per heavy atom. The molecule has 19 heavy (non-hydrogen) atoms. The van der Waals surface area contributed by atoms with E-state index >= 15 is 0 Å². The van der Waals surface area contributed by atoms with Gasteiger partial charge in [0.15, 0.2) is 0 Å². The lowest BCUT2D eigenvalue weighted by Crippen LogP contribution is -2.38. The number of hydrogen-bond acceptors (Lipinski definition) is 4. The third kappa shape index (κ3) is 5.18. The van der Waals surface area contributed by atoms with E-state index in [1.54, 1.807) is 6.07 Å². The third-order valence-corrected chi connectivity index (χ3v) is 3.68. The molecule has 2 rings (SSSR count). The van der Waals surface area contributed by atoms with Gasteiger partial charge in [-0.05, 0) is 24.4 Å². The van der Waals surface area contributed by atoms with Crippen LogP contribution in [0.5, 0.6) is 0 Å². The first-order valence-electron chi connectivity index (χ1n) is 6.07. The highest BCUT2D eigenvalue weighted by Crippen LogP contribution is 2.07. The summed E-state index contributed by atoms with van der Waals surface area (Å²) in [5.74, 6) is -0.115. The van der Waals surface area contributed by atoms with Gasteiger partial charge in [0.2, 0.25) is 5.91 Å². The zero-order valence-electron chi connectivity index (χ0n) is 10.5. The van der Waals surface area contributed by atoms with Crippen molar-refractivity contribution in [3.05, 3.63) is 22.4 Å². The number of rotatable bonds is 5.